The van der Waals surface area contributed by atoms with Crippen LogP contribution in [-0.4, -0.2) is 87.3 Å². The quantitative estimate of drug-likeness (QED) is 0.402. The number of nitrogens with zero attached hydrogens (tertiary/aromatic N) is 8. The Kier molecular flexibility index (Phi) is 6.98. The summed E-state index contributed by atoms with van der Waals surface area (Å²) < 4.78 is 28.8. The zero-order valence-electron chi connectivity index (χ0n) is 22.5. The Morgan fingerprint density at radius 1 is 1.27 bits per heavy atom. The molecule has 0 amide bonds. The van der Waals surface area contributed by atoms with Crippen molar-refractivity contribution >= 4 is 37.5 Å². The summed E-state index contributed by atoms with van der Waals surface area (Å²) in [6.45, 7) is 4.23. The van der Waals surface area contributed by atoms with Gasteiger partial charge in [0.1, 0.15) is 5.54 Å². The molecule has 0 aliphatic carbocycles. The molecule has 0 saturated carbocycles. The standard InChI is InChI=1S/C27H31N9O2S2/c1-3-40(37,38)35-18-27(19-35,9-10-28)36-16-20(15-29-36)24-25-23(8-14-39-25)31-26(32-24)30-21-5-4-11-34(17-21)22-6-12-33(2)13-7-22/h5,8,11,14-17,22H,3,6-7,9,12-13,18-19H2,1-2H3,(H,30,31,32). The molecule has 6 heterocycles. The van der Waals surface area contributed by atoms with E-state index in [1.54, 1.807) is 29.1 Å². The zero-order valence-corrected chi connectivity index (χ0v) is 24.1. The largest absolute Gasteiger partial charge is 0.342 e. The summed E-state index contributed by atoms with van der Waals surface area (Å²) in [4.78, 5) is 14.2. The number of thiophene rings is 1. The fourth-order valence-corrected chi connectivity index (χ4v) is 7.53. The molecule has 0 spiro atoms. The first-order chi connectivity index (χ1) is 19.3. The molecule has 0 bridgehead atoms. The lowest BCUT2D eigenvalue weighted by Crippen LogP contribution is -2.64. The first-order valence-corrected chi connectivity index (χ1v) is 15.8. The number of anilines is 1. The van der Waals surface area contributed by atoms with E-state index in [0.717, 1.165) is 53.1 Å². The van der Waals surface area contributed by atoms with Gasteiger partial charge < -0.3 is 15.1 Å². The van der Waals surface area contributed by atoms with Crippen LogP contribution < -0.4 is 5.32 Å². The number of nitriles is 1. The first-order valence-electron chi connectivity index (χ1n) is 13.3. The van der Waals surface area contributed by atoms with Crippen molar-refractivity contribution in [2.45, 2.75) is 37.8 Å². The maximum atomic E-state index is 12.3. The molecule has 3 aliphatic rings. The maximum absolute atomic E-state index is 12.3. The van der Waals surface area contributed by atoms with Gasteiger partial charge in [0.15, 0.2) is 0 Å². The molecule has 208 valence electrons. The molecule has 0 aromatic carbocycles. The molecule has 6 rings (SSSR count). The molecule has 3 aromatic heterocycles. The third kappa shape index (κ3) is 4.93. The van der Waals surface area contributed by atoms with E-state index in [1.165, 1.54) is 4.31 Å². The van der Waals surface area contributed by atoms with Crippen molar-refractivity contribution in [3.8, 4) is 17.3 Å². The Bertz CT molecular complexity index is 1660. The molecule has 0 unspecified atom stereocenters. The lowest BCUT2D eigenvalue weighted by Gasteiger charge is -2.47. The van der Waals surface area contributed by atoms with Gasteiger partial charge in [-0.15, -0.1) is 17.1 Å². The van der Waals surface area contributed by atoms with Gasteiger partial charge in [0.2, 0.25) is 16.0 Å². The van der Waals surface area contributed by atoms with E-state index < -0.39 is 15.6 Å². The van der Waals surface area contributed by atoms with E-state index in [2.05, 4.69) is 45.3 Å². The van der Waals surface area contributed by atoms with Crippen LogP contribution in [0, 0.1) is 11.3 Å². The van der Waals surface area contributed by atoms with E-state index in [-0.39, 0.29) is 25.3 Å². The average Bonchev–Trinajstić information content (AvgIpc) is 3.61. The number of aromatic nitrogens is 4. The van der Waals surface area contributed by atoms with Gasteiger partial charge in [-0.1, -0.05) is 0 Å². The van der Waals surface area contributed by atoms with Crippen molar-refractivity contribution in [1.82, 2.24) is 33.9 Å². The number of hydrogen-bond acceptors (Lipinski definition) is 10. The summed E-state index contributed by atoms with van der Waals surface area (Å²) in [5.41, 5.74) is 5.76. The number of likely N-dealkylation sites (tertiary alicyclic amines) is 1. The predicted octanol–water partition coefficient (Wildman–Crippen LogP) is 3.16. The molecular weight excluding hydrogens is 546 g/mol. The normalized spacial score (nSPS) is 19.9. The maximum Gasteiger partial charge on any atom is 0.228 e. The third-order valence-corrected chi connectivity index (χ3v) is 10.6. The summed E-state index contributed by atoms with van der Waals surface area (Å²) in [5, 5.41) is 19.4. The molecule has 2 fully saturated rings. The molecule has 3 aromatic rings. The Balaban J connectivity index is 1.27. The Hall–Kier alpha value is -3.53. The van der Waals surface area contributed by atoms with Gasteiger partial charge in [0.25, 0.3) is 0 Å². The SMILES string of the molecule is CCS(=O)(=O)N1CC(CC#N)(n2cc(-c3nc(NC4=CN(C5CCN(C)CC5)C=C=C4)nc4ccsc34)cn2)C1. The van der Waals surface area contributed by atoms with Gasteiger partial charge in [0, 0.05) is 49.4 Å². The number of piperidine rings is 1. The highest BCUT2D eigenvalue weighted by Gasteiger charge is 2.49. The van der Waals surface area contributed by atoms with Crippen molar-refractivity contribution in [2.24, 2.45) is 0 Å². The van der Waals surface area contributed by atoms with E-state index in [4.69, 9.17) is 9.97 Å². The molecule has 3 aliphatic heterocycles. The molecule has 13 heteroatoms. The Morgan fingerprint density at radius 3 is 2.83 bits per heavy atom. The topological polar surface area (TPSA) is 123 Å². The van der Waals surface area contributed by atoms with Crippen LogP contribution in [0.1, 0.15) is 26.2 Å². The average molecular weight is 578 g/mol. The van der Waals surface area contributed by atoms with Gasteiger partial charge >= 0.3 is 0 Å². The Morgan fingerprint density at radius 2 is 2.08 bits per heavy atom. The van der Waals surface area contributed by atoms with Crippen molar-refractivity contribution < 1.29 is 8.42 Å². The van der Waals surface area contributed by atoms with Crippen molar-refractivity contribution in [3.63, 3.8) is 0 Å². The summed E-state index contributed by atoms with van der Waals surface area (Å²) in [6, 6.07) is 4.62. The second kappa shape index (κ2) is 10.5. The second-order valence-corrected chi connectivity index (χ2v) is 13.7. The Labute approximate surface area is 237 Å². The minimum Gasteiger partial charge on any atom is -0.342 e. The van der Waals surface area contributed by atoms with Crippen LogP contribution in [0.5, 0.6) is 0 Å². The number of allylic oxidation sites excluding steroid dienone is 1. The molecule has 0 atom stereocenters. The highest BCUT2D eigenvalue weighted by Crippen LogP contribution is 2.37. The van der Waals surface area contributed by atoms with Crippen LogP contribution in [0.4, 0.5) is 5.95 Å². The lowest BCUT2D eigenvalue weighted by atomic mass is 9.89. The van der Waals surface area contributed by atoms with Gasteiger partial charge in [0.05, 0.1) is 46.0 Å². The van der Waals surface area contributed by atoms with E-state index in [0.29, 0.717) is 12.0 Å². The third-order valence-electron chi connectivity index (χ3n) is 7.87. The first kappa shape index (κ1) is 26.7. The van der Waals surface area contributed by atoms with E-state index in [1.807, 2.05) is 29.9 Å². The van der Waals surface area contributed by atoms with Crippen molar-refractivity contribution in [1.29, 1.82) is 5.26 Å². The molecule has 1 N–H and O–H groups in total. The summed E-state index contributed by atoms with van der Waals surface area (Å²) in [5.74, 6) is 0.503. The fraction of sp³-hybridized carbons (Fsp3) is 0.444. The number of rotatable bonds is 8. The minimum atomic E-state index is -3.32. The second-order valence-electron chi connectivity index (χ2n) is 10.6. The molecule has 11 nitrogen and oxygen atoms in total. The van der Waals surface area contributed by atoms with Gasteiger partial charge in [-0.05, 0) is 51.3 Å². The lowest BCUT2D eigenvalue weighted by molar-refractivity contribution is 0.0719. The van der Waals surface area contributed by atoms with E-state index >= 15 is 0 Å². The number of sulfonamides is 1. The molecule has 0 radical (unpaired) electrons. The molecular formula is C27H31N9O2S2. The van der Waals surface area contributed by atoms with Crippen LogP contribution in [-0.2, 0) is 15.6 Å². The van der Waals surface area contributed by atoms with Gasteiger partial charge in [-0.25, -0.2) is 18.4 Å². The van der Waals surface area contributed by atoms with Crippen LogP contribution in [0.15, 0.2) is 53.7 Å². The summed E-state index contributed by atoms with van der Waals surface area (Å²) >= 11 is 1.55. The predicted molar refractivity (Wildman–Crippen MR) is 155 cm³/mol. The highest BCUT2D eigenvalue weighted by molar-refractivity contribution is 7.89. The van der Waals surface area contributed by atoms with Crippen LogP contribution in [0.2, 0.25) is 0 Å². The zero-order chi connectivity index (χ0) is 27.9. The van der Waals surface area contributed by atoms with E-state index in [9.17, 15) is 13.7 Å². The van der Waals surface area contributed by atoms with Gasteiger partial charge in [-0.2, -0.15) is 14.7 Å². The minimum absolute atomic E-state index is 0.0320. The fourth-order valence-electron chi connectivity index (χ4n) is 5.44. The van der Waals surface area contributed by atoms with Crippen LogP contribution in [0.3, 0.4) is 0 Å². The van der Waals surface area contributed by atoms with Crippen LogP contribution in [0.25, 0.3) is 21.5 Å². The summed E-state index contributed by atoms with van der Waals surface area (Å²) in [6.07, 6.45) is 11.9. The van der Waals surface area contributed by atoms with Crippen molar-refractivity contribution in [3.05, 3.63) is 53.7 Å². The van der Waals surface area contributed by atoms with Crippen LogP contribution >= 0.6 is 11.3 Å². The molecule has 2 saturated heterocycles. The van der Waals surface area contributed by atoms with Gasteiger partial charge in [-0.3, -0.25) is 4.68 Å². The molecule has 40 heavy (non-hydrogen) atoms. The number of nitrogens with one attached hydrogen (secondary N) is 1. The number of fused-ring (bicyclic) bond motifs is 1. The van der Waals surface area contributed by atoms with Crippen molar-refractivity contribution in [2.75, 3.05) is 44.3 Å². The highest BCUT2D eigenvalue weighted by atomic mass is 32.2. The summed E-state index contributed by atoms with van der Waals surface area (Å²) in [7, 11) is -1.17. The number of hydrogen-bond donors (Lipinski definition) is 1. The monoisotopic (exact) mass is 577 g/mol. The smallest absolute Gasteiger partial charge is 0.228 e.